The van der Waals surface area contributed by atoms with Crippen LogP contribution in [-0.2, 0) is 0 Å². The highest BCUT2D eigenvalue weighted by molar-refractivity contribution is 5.83. The number of pyridine rings is 1. The smallest absolute Gasteiger partial charge is 0.147 e. The lowest BCUT2D eigenvalue weighted by Gasteiger charge is -2.25. The van der Waals surface area contributed by atoms with Crippen LogP contribution in [0.2, 0.25) is 0 Å². The summed E-state index contributed by atoms with van der Waals surface area (Å²) in [4.78, 5) is 7.05. The Labute approximate surface area is 126 Å². The van der Waals surface area contributed by atoms with Crippen molar-refractivity contribution in [1.29, 1.82) is 5.26 Å². The van der Waals surface area contributed by atoms with Crippen LogP contribution in [0, 0.1) is 16.7 Å². The maximum atomic E-state index is 9.46. The molecule has 1 aromatic carbocycles. The Bertz CT molecular complexity index is 697. The number of nitrogens with zero attached hydrogens (tertiary/aromatic N) is 3. The predicted molar refractivity (Wildman–Crippen MR) is 86.3 cm³/mol. The molecule has 3 heteroatoms. The number of rotatable bonds is 1. The molecule has 1 aliphatic heterocycles. The molecule has 0 atom stereocenters. The average molecular weight is 279 g/mol. The van der Waals surface area contributed by atoms with Gasteiger partial charge in [-0.3, -0.25) is 0 Å². The third-order valence-corrected chi connectivity index (χ3v) is 4.46. The number of fused-ring (bicyclic) bond motifs is 1. The van der Waals surface area contributed by atoms with Crippen molar-refractivity contribution in [2.45, 2.75) is 33.1 Å². The summed E-state index contributed by atoms with van der Waals surface area (Å²) in [5.74, 6) is 0.855. The van der Waals surface area contributed by atoms with Gasteiger partial charge in [0.1, 0.15) is 11.9 Å². The van der Waals surface area contributed by atoms with E-state index in [9.17, 15) is 5.26 Å². The summed E-state index contributed by atoms with van der Waals surface area (Å²) in [6, 6.07) is 12.3. The van der Waals surface area contributed by atoms with Gasteiger partial charge in [0.05, 0.1) is 11.1 Å². The van der Waals surface area contributed by atoms with Crippen LogP contribution >= 0.6 is 0 Å². The maximum Gasteiger partial charge on any atom is 0.147 e. The topological polar surface area (TPSA) is 39.9 Å². The molecule has 0 aliphatic carbocycles. The van der Waals surface area contributed by atoms with E-state index >= 15 is 0 Å². The summed E-state index contributed by atoms with van der Waals surface area (Å²) in [6.07, 6.45) is 3.54. The van der Waals surface area contributed by atoms with E-state index in [4.69, 9.17) is 4.98 Å². The van der Waals surface area contributed by atoms with Crippen LogP contribution < -0.4 is 4.90 Å². The third-order valence-electron chi connectivity index (χ3n) is 4.46. The Balaban J connectivity index is 2.01. The first-order valence-corrected chi connectivity index (χ1v) is 7.64. The quantitative estimate of drug-likeness (QED) is 0.788. The van der Waals surface area contributed by atoms with Gasteiger partial charge in [0.2, 0.25) is 0 Å². The fraction of sp³-hybridized carbons (Fsp3) is 0.444. The molecule has 21 heavy (non-hydrogen) atoms. The zero-order chi connectivity index (χ0) is 14.9. The van der Waals surface area contributed by atoms with E-state index in [1.807, 2.05) is 30.3 Å². The largest absolute Gasteiger partial charge is 0.355 e. The predicted octanol–water partition coefficient (Wildman–Crippen LogP) is 4.12. The summed E-state index contributed by atoms with van der Waals surface area (Å²) >= 11 is 0. The van der Waals surface area contributed by atoms with Crippen molar-refractivity contribution in [2.24, 2.45) is 5.41 Å². The monoisotopic (exact) mass is 279 g/mol. The Morgan fingerprint density at radius 1 is 1.19 bits per heavy atom. The normalized spacial score (nSPS) is 18.2. The van der Waals surface area contributed by atoms with E-state index in [1.165, 1.54) is 6.42 Å². The van der Waals surface area contributed by atoms with Gasteiger partial charge in [-0.25, -0.2) is 4.98 Å². The van der Waals surface area contributed by atoms with Crippen LogP contribution in [0.3, 0.4) is 0 Å². The van der Waals surface area contributed by atoms with Crippen LogP contribution in [0.5, 0.6) is 0 Å². The molecule has 2 heterocycles. The van der Waals surface area contributed by atoms with Crippen molar-refractivity contribution in [3.05, 3.63) is 35.9 Å². The minimum Gasteiger partial charge on any atom is -0.355 e. The van der Waals surface area contributed by atoms with E-state index in [-0.39, 0.29) is 0 Å². The Hall–Kier alpha value is -2.08. The SMILES string of the molecule is CC1(C)CCCN(c2nc3ccccc3cc2C#N)CC1. The summed E-state index contributed by atoms with van der Waals surface area (Å²) in [5, 5.41) is 10.5. The molecule has 0 radical (unpaired) electrons. The van der Waals surface area contributed by atoms with Crippen LogP contribution in [0.4, 0.5) is 5.82 Å². The maximum absolute atomic E-state index is 9.46. The minimum absolute atomic E-state index is 0.387. The molecule has 3 rings (SSSR count). The summed E-state index contributed by atoms with van der Waals surface area (Å²) in [5.41, 5.74) is 2.04. The molecule has 3 nitrogen and oxygen atoms in total. The van der Waals surface area contributed by atoms with Gasteiger partial charge < -0.3 is 4.90 Å². The second-order valence-corrected chi connectivity index (χ2v) is 6.67. The molecule has 1 aliphatic rings. The van der Waals surface area contributed by atoms with E-state index in [0.29, 0.717) is 11.0 Å². The van der Waals surface area contributed by atoms with Gasteiger partial charge >= 0.3 is 0 Å². The number of aromatic nitrogens is 1. The lowest BCUT2D eigenvalue weighted by atomic mass is 9.85. The van der Waals surface area contributed by atoms with Crippen molar-refractivity contribution in [1.82, 2.24) is 4.98 Å². The molecule has 0 bridgehead atoms. The van der Waals surface area contributed by atoms with Gasteiger partial charge in [-0.1, -0.05) is 32.0 Å². The fourth-order valence-corrected chi connectivity index (χ4v) is 3.06. The highest BCUT2D eigenvalue weighted by Gasteiger charge is 2.25. The first-order chi connectivity index (χ1) is 10.1. The lowest BCUT2D eigenvalue weighted by molar-refractivity contribution is 0.325. The van der Waals surface area contributed by atoms with Gasteiger partial charge in [-0.15, -0.1) is 0 Å². The molecular formula is C18H21N3. The van der Waals surface area contributed by atoms with Crippen molar-refractivity contribution < 1.29 is 0 Å². The van der Waals surface area contributed by atoms with Crippen LogP contribution in [0.1, 0.15) is 38.7 Å². The van der Waals surface area contributed by atoms with Gasteiger partial charge in [0.15, 0.2) is 0 Å². The van der Waals surface area contributed by atoms with Crippen molar-refractivity contribution in [3.63, 3.8) is 0 Å². The van der Waals surface area contributed by atoms with Crippen molar-refractivity contribution in [3.8, 4) is 6.07 Å². The molecule has 108 valence electrons. The molecule has 1 saturated heterocycles. The number of benzene rings is 1. The second kappa shape index (κ2) is 5.37. The number of anilines is 1. The van der Waals surface area contributed by atoms with Crippen LogP contribution in [-0.4, -0.2) is 18.1 Å². The zero-order valence-electron chi connectivity index (χ0n) is 12.8. The van der Waals surface area contributed by atoms with Crippen LogP contribution in [0.25, 0.3) is 10.9 Å². The molecule has 1 fully saturated rings. The minimum atomic E-state index is 0.387. The van der Waals surface area contributed by atoms with E-state index in [1.54, 1.807) is 0 Å². The first-order valence-electron chi connectivity index (χ1n) is 7.64. The van der Waals surface area contributed by atoms with E-state index in [0.717, 1.165) is 42.7 Å². The molecular weight excluding hydrogens is 258 g/mol. The molecule has 0 N–H and O–H groups in total. The Morgan fingerprint density at radius 2 is 2.00 bits per heavy atom. The number of nitriles is 1. The van der Waals surface area contributed by atoms with Gasteiger partial charge in [0.25, 0.3) is 0 Å². The van der Waals surface area contributed by atoms with Crippen LogP contribution in [0.15, 0.2) is 30.3 Å². The molecule has 0 saturated carbocycles. The standard InChI is InChI=1S/C18H21N3/c1-18(2)8-5-10-21(11-9-18)17-15(13-19)12-14-6-3-4-7-16(14)20-17/h3-4,6-7,12H,5,8-11H2,1-2H3. The number of hydrogen-bond donors (Lipinski definition) is 0. The lowest BCUT2D eigenvalue weighted by Crippen LogP contribution is -2.26. The summed E-state index contributed by atoms with van der Waals surface area (Å²) in [7, 11) is 0. The summed E-state index contributed by atoms with van der Waals surface area (Å²) < 4.78 is 0. The molecule has 0 unspecified atom stereocenters. The van der Waals surface area contributed by atoms with E-state index in [2.05, 4.69) is 24.8 Å². The second-order valence-electron chi connectivity index (χ2n) is 6.67. The fourth-order valence-electron chi connectivity index (χ4n) is 3.06. The summed E-state index contributed by atoms with van der Waals surface area (Å²) in [6.45, 7) is 6.63. The number of para-hydroxylation sites is 1. The highest BCUT2D eigenvalue weighted by Crippen LogP contribution is 2.32. The molecule has 2 aromatic rings. The number of hydrogen-bond acceptors (Lipinski definition) is 3. The van der Waals surface area contributed by atoms with Crippen molar-refractivity contribution in [2.75, 3.05) is 18.0 Å². The van der Waals surface area contributed by atoms with Gasteiger partial charge in [-0.2, -0.15) is 5.26 Å². The van der Waals surface area contributed by atoms with Gasteiger partial charge in [-0.05, 0) is 36.8 Å². The third kappa shape index (κ3) is 2.85. The highest BCUT2D eigenvalue weighted by atomic mass is 15.2. The molecule has 0 spiro atoms. The molecule has 1 aromatic heterocycles. The first kappa shape index (κ1) is 13.9. The molecule has 0 amide bonds. The van der Waals surface area contributed by atoms with Gasteiger partial charge in [0, 0.05) is 18.5 Å². The zero-order valence-corrected chi connectivity index (χ0v) is 12.8. The Morgan fingerprint density at radius 3 is 2.81 bits per heavy atom. The van der Waals surface area contributed by atoms with Crippen molar-refractivity contribution >= 4 is 16.7 Å². The average Bonchev–Trinajstić information content (AvgIpc) is 2.66. The Kier molecular flexibility index (Phi) is 3.55. The van der Waals surface area contributed by atoms with E-state index < -0.39 is 0 Å².